The highest BCUT2D eigenvalue weighted by atomic mass is 32.1. The van der Waals surface area contributed by atoms with E-state index < -0.39 is 6.04 Å². The minimum atomic E-state index is -0.409. The summed E-state index contributed by atoms with van der Waals surface area (Å²) in [5.41, 5.74) is 2.39. The number of hydrazone groups is 1. The Kier molecular flexibility index (Phi) is 8.65. The van der Waals surface area contributed by atoms with Gasteiger partial charge in [0.1, 0.15) is 18.1 Å². The number of halogens is 1. The predicted octanol–water partition coefficient (Wildman–Crippen LogP) is 4.05. The van der Waals surface area contributed by atoms with Crippen LogP contribution in [0.15, 0.2) is 71.1 Å². The second kappa shape index (κ2) is 12.5. The van der Waals surface area contributed by atoms with Gasteiger partial charge in [-0.25, -0.2) is 9.40 Å². The monoisotopic (exact) mass is 550 g/mol. The molecule has 2 aliphatic heterocycles. The third-order valence-electron chi connectivity index (χ3n) is 6.98. The Bertz CT molecular complexity index is 1290. The van der Waals surface area contributed by atoms with Gasteiger partial charge in [0.25, 0.3) is 11.8 Å². The highest BCUT2D eigenvalue weighted by Gasteiger charge is 2.35. The molecule has 2 aliphatic rings. The van der Waals surface area contributed by atoms with E-state index in [0.29, 0.717) is 37.6 Å². The van der Waals surface area contributed by atoms with Gasteiger partial charge in [-0.05, 0) is 59.0 Å². The number of hydrogen-bond acceptors (Lipinski definition) is 7. The lowest BCUT2D eigenvalue weighted by Crippen LogP contribution is -2.46. The number of morpholine rings is 1. The van der Waals surface area contributed by atoms with E-state index in [4.69, 9.17) is 14.6 Å². The quantitative estimate of drug-likeness (QED) is 0.402. The fraction of sp³-hybridized carbons (Fsp3) is 0.345. The summed E-state index contributed by atoms with van der Waals surface area (Å²) >= 11 is 1.36. The molecule has 1 fully saturated rings. The summed E-state index contributed by atoms with van der Waals surface area (Å²) in [4.78, 5) is 31.6. The molecule has 2 amide bonds. The average Bonchev–Trinajstić information content (AvgIpc) is 3.67. The van der Waals surface area contributed by atoms with E-state index in [2.05, 4.69) is 4.90 Å². The highest BCUT2D eigenvalue weighted by Crippen LogP contribution is 2.33. The van der Waals surface area contributed by atoms with Crippen LogP contribution in [0.1, 0.15) is 33.3 Å². The number of ether oxygens (including phenoxy) is 2. The molecule has 0 N–H and O–H groups in total. The van der Waals surface area contributed by atoms with E-state index in [0.717, 1.165) is 35.7 Å². The van der Waals surface area contributed by atoms with Gasteiger partial charge in [0, 0.05) is 32.6 Å². The van der Waals surface area contributed by atoms with Crippen molar-refractivity contribution in [2.24, 2.45) is 5.10 Å². The van der Waals surface area contributed by atoms with Crippen molar-refractivity contribution < 1.29 is 23.5 Å². The molecule has 0 spiro atoms. The molecule has 0 unspecified atom stereocenters. The number of methoxy groups -OCH3 is 1. The van der Waals surface area contributed by atoms with Gasteiger partial charge in [-0.3, -0.25) is 14.5 Å². The van der Waals surface area contributed by atoms with Crippen molar-refractivity contribution >= 4 is 28.9 Å². The van der Waals surface area contributed by atoms with Gasteiger partial charge in [0.15, 0.2) is 0 Å². The molecule has 0 aliphatic carbocycles. The normalized spacial score (nSPS) is 17.6. The SMILES string of the molecule is COc1ccc(C2=NN(C(=O)CN(CCN3CCOCC3)C(=O)c3cccs3)[C@H](c3ccc(F)cc3)C2)cc1. The number of amides is 2. The molecule has 39 heavy (non-hydrogen) atoms. The average molecular weight is 551 g/mol. The third-order valence-corrected chi connectivity index (χ3v) is 7.84. The molecule has 8 nitrogen and oxygen atoms in total. The Hall–Kier alpha value is -3.60. The molecule has 0 radical (unpaired) electrons. The molecular formula is C29H31FN4O4S. The molecule has 5 rings (SSSR count). The number of carbonyl (C=O) groups excluding carboxylic acids is 2. The molecule has 204 valence electrons. The summed E-state index contributed by atoms with van der Waals surface area (Å²) in [6.07, 6.45) is 0.469. The first-order chi connectivity index (χ1) is 19.0. The van der Waals surface area contributed by atoms with Crippen molar-refractivity contribution in [3.63, 3.8) is 0 Å². The first kappa shape index (κ1) is 27.0. The summed E-state index contributed by atoms with van der Waals surface area (Å²) in [7, 11) is 1.61. The summed E-state index contributed by atoms with van der Waals surface area (Å²) in [5, 5.41) is 8.03. The number of thiophene rings is 1. The number of rotatable bonds is 9. The lowest BCUT2D eigenvalue weighted by molar-refractivity contribution is -0.133. The second-order valence-electron chi connectivity index (χ2n) is 9.44. The zero-order valence-corrected chi connectivity index (χ0v) is 22.6. The van der Waals surface area contributed by atoms with E-state index >= 15 is 0 Å². The lowest BCUT2D eigenvalue weighted by atomic mass is 9.98. The smallest absolute Gasteiger partial charge is 0.264 e. The van der Waals surface area contributed by atoms with Crippen molar-refractivity contribution in [3.05, 3.63) is 87.9 Å². The Labute approximate surface area is 231 Å². The van der Waals surface area contributed by atoms with Gasteiger partial charge in [-0.2, -0.15) is 5.10 Å². The zero-order chi connectivity index (χ0) is 27.2. The minimum absolute atomic E-state index is 0.113. The maximum atomic E-state index is 13.8. The Morgan fingerprint density at radius 1 is 1.10 bits per heavy atom. The van der Waals surface area contributed by atoms with E-state index in [1.165, 1.54) is 28.5 Å². The molecule has 3 heterocycles. The first-order valence-corrected chi connectivity index (χ1v) is 13.8. The van der Waals surface area contributed by atoms with Crippen molar-refractivity contribution in [3.8, 4) is 5.75 Å². The Morgan fingerprint density at radius 3 is 2.51 bits per heavy atom. The molecule has 0 saturated carbocycles. The Morgan fingerprint density at radius 2 is 1.85 bits per heavy atom. The largest absolute Gasteiger partial charge is 0.497 e. The fourth-order valence-electron chi connectivity index (χ4n) is 4.77. The molecule has 2 aromatic carbocycles. The van der Waals surface area contributed by atoms with Crippen LogP contribution in [-0.2, 0) is 9.53 Å². The Balaban J connectivity index is 1.39. The minimum Gasteiger partial charge on any atom is -0.497 e. The molecule has 1 atom stereocenters. The summed E-state index contributed by atoms with van der Waals surface area (Å²) in [5.74, 6) is -0.0895. The van der Waals surface area contributed by atoms with Gasteiger partial charge in [0.2, 0.25) is 0 Å². The van der Waals surface area contributed by atoms with Crippen molar-refractivity contribution in [1.82, 2.24) is 14.8 Å². The van der Waals surface area contributed by atoms with Crippen LogP contribution in [0.3, 0.4) is 0 Å². The molecule has 1 saturated heterocycles. The van der Waals surface area contributed by atoms with Crippen LogP contribution in [0.2, 0.25) is 0 Å². The van der Waals surface area contributed by atoms with Gasteiger partial charge in [-0.1, -0.05) is 18.2 Å². The van der Waals surface area contributed by atoms with Crippen LogP contribution in [0.4, 0.5) is 4.39 Å². The first-order valence-electron chi connectivity index (χ1n) is 12.9. The van der Waals surface area contributed by atoms with Crippen LogP contribution in [0.25, 0.3) is 0 Å². The second-order valence-corrected chi connectivity index (χ2v) is 10.4. The summed E-state index contributed by atoms with van der Waals surface area (Å²) in [6.45, 7) is 3.86. The van der Waals surface area contributed by atoms with Crippen LogP contribution in [0, 0.1) is 5.82 Å². The predicted molar refractivity (Wildman–Crippen MR) is 148 cm³/mol. The number of benzene rings is 2. The van der Waals surface area contributed by atoms with Crippen LogP contribution >= 0.6 is 11.3 Å². The van der Waals surface area contributed by atoms with Crippen LogP contribution in [0.5, 0.6) is 5.75 Å². The van der Waals surface area contributed by atoms with Crippen LogP contribution in [-0.4, -0.2) is 85.4 Å². The van der Waals surface area contributed by atoms with Crippen LogP contribution < -0.4 is 4.74 Å². The molecule has 3 aromatic rings. The molecule has 10 heteroatoms. The highest BCUT2D eigenvalue weighted by molar-refractivity contribution is 7.12. The van der Waals surface area contributed by atoms with E-state index in [1.54, 1.807) is 30.2 Å². The van der Waals surface area contributed by atoms with Gasteiger partial charge in [-0.15, -0.1) is 11.3 Å². The third kappa shape index (κ3) is 6.52. The van der Waals surface area contributed by atoms with Gasteiger partial charge >= 0.3 is 0 Å². The fourth-order valence-corrected chi connectivity index (χ4v) is 5.46. The molecular weight excluding hydrogens is 519 g/mol. The van der Waals surface area contributed by atoms with E-state index in [-0.39, 0.29) is 24.2 Å². The number of carbonyl (C=O) groups is 2. The summed E-state index contributed by atoms with van der Waals surface area (Å²) in [6, 6.07) is 16.8. The van der Waals surface area contributed by atoms with Crippen molar-refractivity contribution in [2.45, 2.75) is 12.5 Å². The van der Waals surface area contributed by atoms with Crippen molar-refractivity contribution in [1.29, 1.82) is 0 Å². The standard InChI is InChI=1S/C29H31FN4O4S/c1-37-24-10-6-21(7-11-24)25-19-26(22-4-8-23(30)9-5-22)34(31-25)28(35)20-33(29(36)27-3-2-18-39-27)13-12-32-14-16-38-17-15-32/h2-11,18,26H,12-17,19-20H2,1H3/t26-/m0/s1. The maximum Gasteiger partial charge on any atom is 0.264 e. The summed E-state index contributed by atoms with van der Waals surface area (Å²) < 4.78 is 24.4. The maximum absolute atomic E-state index is 13.8. The number of hydrogen-bond donors (Lipinski definition) is 0. The zero-order valence-electron chi connectivity index (χ0n) is 21.8. The van der Waals surface area contributed by atoms with Gasteiger partial charge in [0.05, 0.1) is 37.0 Å². The molecule has 1 aromatic heterocycles. The number of nitrogens with zero attached hydrogens (tertiary/aromatic N) is 4. The van der Waals surface area contributed by atoms with Gasteiger partial charge < -0.3 is 14.4 Å². The van der Waals surface area contributed by atoms with Crippen molar-refractivity contribution in [2.75, 3.05) is 53.0 Å². The van der Waals surface area contributed by atoms with E-state index in [9.17, 15) is 14.0 Å². The van der Waals surface area contributed by atoms with E-state index in [1.807, 2.05) is 35.7 Å². The topological polar surface area (TPSA) is 74.7 Å². The lowest BCUT2D eigenvalue weighted by Gasteiger charge is -2.31. The molecule has 0 bridgehead atoms.